The lowest BCUT2D eigenvalue weighted by Crippen LogP contribution is -2.30. The molecule has 0 saturated carbocycles. The Morgan fingerprint density at radius 1 is 1.00 bits per heavy atom. The van der Waals surface area contributed by atoms with Crippen LogP contribution in [-0.2, 0) is 19.2 Å². The summed E-state index contributed by atoms with van der Waals surface area (Å²) in [4.78, 5) is 64.0. The number of imide groups is 1. The van der Waals surface area contributed by atoms with Gasteiger partial charge in [0.2, 0.25) is 17.7 Å². The van der Waals surface area contributed by atoms with Crippen LogP contribution in [0.3, 0.4) is 0 Å². The largest absolute Gasteiger partial charge is 0.494 e. The number of amides is 3. The Morgan fingerprint density at radius 3 is 2.24 bits per heavy atom. The van der Waals surface area contributed by atoms with Crippen LogP contribution in [0.25, 0.3) is 0 Å². The number of allylic oxidation sites excluding steroid dienone is 2. The summed E-state index contributed by atoms with van der Waals surface area (Å²) in [5, 5.41) is 11.0. The van der Waals surface area contributed by atoms with E-state index >= 15 is 0 Å². The molecule has 2 saturated heterocycles. The van der Waals surface area contributed by atoms with Gasteiger partial charge >= 0.3 is 5.97 Å². The van der Waals surface area contributed by atoms with Gasteiger partial charge in [0.05, 0.1) is 47.2 Å². The van der Waals surface area contributed by atoms with Gasteiger partial charge in [0, 0.05) is 19.0 Å². The Morgan fingerprint density at radius 2 is 1.65 bits per heavy atom. The number of esters is 1. The molecule has 190 valence electrons. The number of anilines is 2. The molecule has 11 heteroatoms. The number of nitro groups is 1. The van der Waals surface area contributed by atoms with Crippen molar-refractivity contribution in [3.8, 4) is 11.5 Å². The number of non-ortho nitro benzene ring substituents is 1. The number of hydrogen-bond acceptors (Lipinski definition) is 8. The molecule has 3 atom stereocenters. The molecule has 3 aliphatic rings. The monoisotopic (exact) mass is 505 g/mol. The third kappa shape index (κ3) is 4.32. The lowest BCUT2D eigenvalue weighted by Gasteiger charge is -2.19. The Labute approximate surface area is 211 Å². The highest BCUT2D eigenvalue weighted by atomic mass is 16.6. The van der Waals surface area contributed by atoms with Gasteiger partial charge in [-0.1, -0.05) is 12.2 Å². The number of benzene rings is 2. The second-order valence-electron chi connectivity index (χ2n) is 9.10. The zero-order valence-corrected chi connectivity index (χ0v) is 19.9. The maximum absolute atomic E-state index is 12.8. The van der Waals surface area contributed by atoms with E-state index in [1.165, 1.54) is 47.2 Å². The Kier molecular flexibility index (Phi) is 6.20. The summed E-state index contributed by atoms with van der Waals surface area (Å²) in [6.45, 7) is 0.0253. The van der Waals surface area contributed by atoms with Crippen molar-refractivity contribution in [1.82, 2.24) is 0 Å². The maximum atomic E-state index is 12.8. The summed E-state index contributed by atoms with van der Waals surface area (Å²) in [7, 11) is 1.34. The van der Waals surface area contributed by atoms with Crippen molar-refractivity contribution in [2.24, 2.45) is 17.8 Å². The topological polar surface area (TPSA) is 136 Å². The highest BCUT2D eigenvalue weighted by Crippen LogP contribution is 2.39. The van der Waals surface area contributed by atoms with E-state index in [2.05, 4.69) is 0 Å². The zero-order valence-electron chi connectivity index (χ0n) is 19.9. The number of nitrogens with zero attached hydrogens (tertiary/aromatic N) is 3. The quantitative estimate of drug-likeness (QED) is 0.146. The van der Waals surface area contributed by atoms with Crippen molar-refractivity contribution < 1.29 is 33.6 Å². The third-order valence-electron chi connectivity index (χ3n) is 6.94. The number of carbonyl (C=O) groups excluding carboxylic acids is 4. The molecule has 1 aliphatic carbocycles. The first kappa shape index (κ1) is 24.2. The molecule has 0 unspecified atom stereocenters. The molecule has 2 aromatic rings. The summed E-state index contributed by atoms with van der Waals surface area (Å²) in [6.07, 6.45) is 4.84. The number of fused-ring (bicyclic) bond motifs is 1. The summed E-state index contributed by atoms with van der Waals surface area (Å²) in [5.41, 5.74) is 0.560. The van der Waals surface area contributed by atoms with Crippen molar-refractivity contribution >= 4 is 40.8 Å². The average molecular weight is 505 g/mol. The van der Waals surface area contributed by atoms with Crippen LogP contribution in [0, 0.1) is 27.9 Å². The van der Waals surface area contributed by atoms with Gasteiger partial charge in [-0.25, -0.2) is 0 Å². The van der Waals surface area contributed by atoms with Gasteiger partial charge in [0.15, 0.2) is 0 Å². The first-order valence-electron chi connectivity index (χ1n) is 11.8. The summed E-state index contributed by atoms with van der Waals surface area (Å²) < 4.78 is 10.7. The minimum Gasteiger partial charge on any atom is -0.494 e. The van der Waals surface area contributed by atoms with E-state index in [0.29, 0.717) is 24.2 Å². The SMILES string of the molecule is COc1cc([N+](=O)[O-])ccc1N1C[C@H](C(=O)Oc2ccc(N3C(=O)[C@@H]4CC=CC[C@H]4C3=O)cc2)CC1=O. The van der Waals surface area contributed by atoms with E-state index in [-0.39, 0.29) is 59.7 Å². The van der Waals surface area contributed by atoms with Gasteiger partial charge in [-0.3, -0.25) is 34.2 Å². The smallest absolute Gasteiger partial charge is 0.316 e. The second kappa shape index (κ2) is 9.49. The summed E-state index contributed by atoms with van der Waals surface area (Å²) in [5.74, 6) is -2.49. The van der Waals surface area contributed by atoms with Crippen molar-refractivity contribution in [3.05, 3.63) is 64.7 Å². The normalized spacial score (nSPS) is 22.8. The first-order chi connectivity index (χ1) is 17.8. The fourth-order valence-corrected chi connectivity index (χ4v) is 5.02. The lowest BCUT2D eigenvalue weighted by atomic mass is 9.85. The molecule has 37 heavy (non-hydrogen) atoms. The molecule has 0 spiro atoms. The third-order valence-corrected chi connectivity index (χ3v) is 6.94. The van der Waals surface area contributed by atoms with Crippen molar-refractivity contribution in [3.63, 3.8) is 0 Å². The Hall–Kier alpha value is -4.54. The number of nitro benzene ring substituents is 1. The zero-order chi connectivity index (χ0) is 26.3. The predicted octanol–water partition coefficient (Wildman–Crippen LogP) is 3.02. The number of rotatable bonds is 6. The summed E-state index contributed by atoms with van der Waals surface area (Å²) in [6, 6.07) is 10.0. The van der Waals surface area contributed by atoms with E-state index in [9.17, 15) is 29.3 Å². The number of methoxy groups -OCH3 is 1. The van der Waals surface area contributed by atoms with Crippen molar-refractivity contribution in [2.45, 2.75) is 19.3 Å². The summed E-state index contributed by atoms with van der Waals surface area (Å²) >= 11 is 0. The van der Waals surface area contributed by atoms with E-state index in [1.807, 2.05) is 12.2 Å². The van der Waals surface area contributed by atoms with Gasteiger partial charge in [0.25, 0.3) is 5.69 Å². The van der Waals surface area contributed by atoms with Crippen LogP contribution >= 0.6 is 0 Å². The van der Waals surface area contributed by atoms with Gasteiger partial charge in [-0.15, -0.1) is 0 Å². The number of ether oxygens (including phenoxy) is 2. The molecule has 0 N–H and O–H groups in total. The predicted molar refractivity (Wildman–Crippen MR) is 130 cm³/mol. The van der Waals surface area contributed by atoms with E-state index in [1.54, 1.807) is 12.1 Å². The fraction of sp³-hybridized carbons (Fsp3) is 0.308. The van der Waals surface area contributed by atoms with Crippen LogP contribution in [0.5, 0.6) is 11.5 Å². The minimum atomic E-state index is -0.760. The van der Waals surface area contributed by atoms with E-state index in [4.69, 9.17) is 9.47 Å². The Bertz CT molecular complexity index is 1310. The second-order valence-corrected chi connectivity index (χ2v) is 9.10. The highest BCUT2D eigenvalue weighted by molar-refractivity contribution is 6.22. The molecule has 3 amide bonds. The van der Waals surface area contributed by atoms with Gasteiger partial charge in [-0.2, -0.15) is 0 Å². The van der Waals surface area contributed by atoms with E-state index in [0.717, 1.165) is 0 Å². The minimum absolute atomic E-state index is 0.0253. The number of carbonyl (C=O) groups is 4. The van der Waals surface area contributed by atoms with E-state index < -0.39 is 16.8 Å². The standard InChI is InChI=1S/C26H23N3O8/c1-36-22-13-17(29(34)35)8-11-21(22)27-14-15(12-23(27)30)26(33)37-18-9-6-16(7-10-18)28-24(31)19-4-2-3-5-20(19)25(28)32/h2-3,6-11,13,15,19-20H,4-5,12,14H2,1H3/t15-,19-,20-/m1/s1. The molecule has 5 rings (SSSR count). The molecule has 2 heterocycles. The van der Waals surface area contributed by atoms with Crippen LogP contribution in [-0.4, -0.2) is 42.3 Å². The molecule has 2 fully saturated rings. The molecule has 0 bridgehead atoms. The molecular formula is C26H23N3O8. The molecule has 0 aromatic heterocycles. The number of hydrogen-bond donors (Lipinski definition) is 0. The first-order valence-corrected chi connectivity index (χ1v) is 11.8. The van der Waals surface area contributed by atoms with Crippen molar-refractivity contribution in [2.75, 3.05) is 23.5 Å². The van der Waals surface area contributed by atoms with Crippen molar-refractivity contribution in [1.29, 1.82) is 0 Å². The average Bonchev–Trinajstić information content (AvgIpc) is 3.41. The Balaban J connectivity index is 1.25. The van der Waals surface area contributed by atoms with Crippen LogP contribution in [0.15, 0.2) is 54.6 Å². The van der Waals surface area contributed by atoms with Crippen LogP contribution in [0.4, 0.5) is 17.1 Å². The van der Waals surface area contributed by atoms with Gasteiger partial charge in [0.1, 0.15) is 11.5 Å². The van der Waals surface area contributed by atoms with Crippen LogP contribution < -0.4 is 19.3 Å². The van der Waals surface area contributed by atoms with Crippen LogP contribution in [0.1, 0.15) is 19.3 Å². The van der Waals surface area contributed by atoms with Crippen LogP contribution in [0.2, 0.25) is 0 Å². The molecule has 0 radical (unpaired) electrons. The van der Waals surface area contributed by atoms with Gasteiger partial charge < -0.3 is 14.4 Å². The highest BCUT2D eigenvalue weighted by Gasteiger charge is 2.47. The molecular weight excluding hydrogens is 482 g/mol. The molecule has 2 aliphatic heterocycles. The lowest BCUT2D eigenvalue weighted by molar-refractivity contribution is -0.384. The maximum Gasteiger partial charge on any atom is 0.316 e. The fourth-order valence-electron chi connectivity index (χ4n) is 5.02. The molecule has 2 aromatic carbocycles. The molecule has 11 nitrogen and oxygen atoms in total. The van der Waals surface area contributed by atoms with Gasteiger partial charge in [-0.05, 0) is 43.2 Å².